The molecule has 0 aliphatic carbocycles. The lowest BCUT2D eigenvalue weighted by molar-refractivity contribution is -0.116. The molecule has 2 amide bonds. The molecular formula is C16H12Cl4N2O2. The van der Waals surface area contributed by atoms with Crippen LogP contribution in [-0.4, -0.2) is 30.3 Å². The molecule has 2 aromatic carbocycles. The Labute approximate surface area is 159 Å². The van der Waals surface area contributed by atoms with Gasteiger partial charge < -0.3 is 10.2 Å². The molecule has 0 saturated carbocycles. The van der Waals surface area contributed by atoms with E-state index in [2.05, 4.69) is 5.32 Å². The molecule has 4 nitrogen and oxygen atoms in total. The number of anilines is 1. The molecule has 0 heterocycles. The summed E-state index contributed by atoms with van der Waals surface area (Å²) in [7, 11) is 1.48. The van der Waals surface area contributed by atoms with Crippen LogP contribution in [0.1, 0.15) is 10.4 Å². The summed E-state index contributed by atoms with van der Waals surface area (Å²) < 4.78 is 0. The summed E-state index contributed by atoms with van der Waals surface area (Å²) in [5, 5.41) is 3.61. The van der Waals surface area contributed by atoms with Crippen molar-refractivity contribution in [2.75, 3.05) is 18.9 Å². The summed E-state index contributed by atoms with van der Waals surface area (Å²) in [6.07, 6.45) is 0. The van der Waals surface area contributed by atoms with Crippen molar-refractivity contribution < 1.29 is 9.59 Å². The number of nitrogens with zero attached hydrogens (tertiary/aromatic N) is 1. The van der Waals surface area contributed by atoms with E-state index in [-0.39, 0.29) is 22.2 Å². The smallest absolute Gasteiger partial charge is 0.255 e. The molecule has 0 unspecified atom stereocenters. The van der Waals surface area contributed by atoms with Crippen LogP contribution in [0.25, 0.3) is 0 Å². The summed E-state index contributed by atoms with van der Waals surface area (Å²) >= 11 is 23.9. The number of hydrogen-bond acceptors (Lipinski definition) is 2. The number of para-hydroxylation sites is 1. The maximum absolute atomic E-state index is 12.4. The lowest BCUT2D eigenvalue weighted by Gasteiger charge is -2.18. The van der Waals surface area contributed by atoms with Crippen molar-refractivity contribution in [3.05, 3.63) is 62.1 Å². The van der Waals surface area contributed by atoms with Crippen LogP contribution in [0.5, 0.6) is 0 Å². The first-order chi connectivity index (χ1) is 11.3. The third-order valence-corrected chi connectivity index (χ3v) is 4.59. The number of nitrogens with one attached hydrogen (secondary N) is 1. The summed E-state index contributed by atoms with van der Waals surface area (Å²) in [4.78, 5) is 25.7. The normalized spacial score (nSPS) is 10.4. The Hall–Kier alpha value is -1.46. The number of carbonyl (C=O) groups is 2. The largest absolute Gasteiger partial charge is 0.332 e. The van der Waals surface area contributed by atoms with Gasteiger partial charge in [-0.15, -0.1) is 0 Å². The molecule has 0 radical (unpaired) electrons. The molecule has 0 aliphatic heterocycles. The van der Waals surface area contributed by atoms with Gasteiger partial charge in [-0.2, -0.15) is 0 Å². The highest BCUT2D eigenvalue weighted by Gasteiger charge is 2.19. The zero-order valence-corrected chi connectivity index (χ0v) is 15.5. The monoisotopic (exact) mass is 404 g/mol. The van der Waals surface area contributed by atoms with Crippen LogP contribution in [0.2, 0.25) is 20.1 Å². The van der Waals surface area contributed by atoms with E-state index in [0.29, 0.717) is 15.7 Å². The first-order valence-corrected chi connectivity index (χ1v) is 8.25. The summed E-state index contributed by atoms with van der Waals surface area (Å²) in [5.41, 5.74) is 0.516. The Kier molecular flexibility index (Phi) is 6.35. The molecule has 0 spiro atoms. The predicted octanol–water partition coefficient (Wildman–Crippen LogP) is 5.01. The molecule has 2 aromatic rings. The second-order valence-electron chi connectivity index (χ2n) is 4.91. The van der Waals surface area contributed by atoms with Gasteiger partial charge in [-0.05, 0) is 24.3 Å². The van der Waals surface area contributed by atoms with Crippen molar-refractivity contribution in [3.8, 4) is 0 Å². The number of amides is 2. The van der Waals surface area contributed by atoms with Gasteiger partial charge in [-0.1, -0.05) is 58.5 Å². The van der Waals surface area contributed by atoms with Crippen LogP contribution in [0, 0.1) is 0 Å². The van der Waals surface area contributed by atoms with Crippen LogP contribution < -0.4 is 5.32 Å². The van der Waals surface area contributed by atoms with Crippen molar-refractivity contribution in [3.63, 3.8) is 0 Å². The van der Waals surface area contributed by atoms with Crippen molar-refractivity contribution in [1.82, 2.24) is 4.90 Å². The fourth-order valence-corrected chi connectivity index (χ4v) is 2.83. The van der Waals surface area contributed by atoms with E-state index in [1.165, 1.54) is 18.0 Å². The summed E-state index contributed by atoms with van der Waals surface area (Å²) in [6, 6.07) is 9.59. The number of hydrogen-bond donors (Lipinski definition) is 1. The minimum Gasteiger partial charge on any atom is -0.332 e. The van der Waals surface area contributed by atoms with E-state index in [9.17, 15) is 9.59 Å². The van der Waals surface area contributed by atoms with Gasteiger partial charge in [-0.3, -0.25) is 9.59 Å². The molecule has 2 rings (SSSR count). The van der Waals surface area contributed by atoms with Crippen molar-refractivity contribution in [2.45, 2.75) is 0 Å². The Balaban J connectivity index is 2.09. The lowest BCUT2D eigenvalue weighted by Crippen LogP contribution is -2.35. The predicted molar refractivity (Wildman–Crippen MR) is 98.5 cm³/mol. The number of carbonyl (C=O) groups excluding carboxylic acids is 2. The van der Waals surface area contributed by atoms with Gasteiger partial charge in [0.05, 0.1) is 37.9 Å². The highest BCUT2D eigenvalue weighted by molar-refractivity contribution is 6.44. The van der Waals surface area contributed by atoms with E-state index in [1.54, 1.807) is 30.3 Å². The van der Waals surface area contributed by atoms with Crippen molar-refractivity contribution >= 4 is 63.9 Å². The average Bonchev–Trinajstić information content (AvgIpc) is 2.53. The second kappa shape index (κ2) is 8.08. The Morgan fingerprint density at radius 3 is 2.12 bits per heavy atom. The third kappa shape index (κ3) is 4.33. The zero-order valence-electron chi connectivity index (χ0n) is 12.4. The SMILES string of the molecule is CN(CC(=O)Nc1c(Cl)cccc1Cl)C(=O)c1cccc(Cl)c1Cl. The minimum atomic E-state index is -0.445. The molecule has 0 aliphatic rings. The first-order valence-electron chi connectivity index (χ1n) is 6.74. The van der Waals surface area contributed by atoms with Crippen LogP contribution in [-0.2, 0) is 4.79 Å². The molecule has 1 N–H and O–H groups in total. The van der Waals surface area contributed by atoms with Crippen molar-refractivity contribution in [1.29, 1.82) is 0 Å². The quantitative estimate of drug-likeness (QED) is 0.776. The Morgan fingerprint density at radius 2 is 1.50 bits per heavy atom. The topological polar surface area (TPSA) is 49.4 Å². The zero-order chi connectivity index (χ0) is 17.9. The highest BCUT2D eigenvalue weighted by Crippen LogP contribution is 2.30. The molecule has 0 atom stereocenters. The fraction of sp³-hybridized carbons (Fsp3) is 0.125. The van der Waals surface area contributed by atoms with Crippen LogP contribution in [0.15, 0.2) is 36.4 Å². The van der Waals surface area contributed by atoms with Gasteiger partial charge in [0.1, 0.15) is 0 Å². The van der Waals surface area contributed by atoms with E-state index in [0.717, 1.165) is 0 Å². The minimum absolute atomic E-state index is 0.144. The van der Waals surface area contributed by atoms with E-state index >= 15 is 0 Å². The van der Waals surface area contributed by atoms with Gasteiger partial charge in [0.15, 0.2) is 0 Å². The maximum atomic E-state index is 12.4. The van der Waals surface area contributed by atoms with Gasteiger partial charge >= 0.3 is 0 Å². The van der Waals surface area contributed by atoms with Gasteiger partial charge in [-0.25, -0.2) is 0 Å². The van der Waals surface area contributed by atoms with Crippen LogP contribution in [0.3, 0.4) is 0 Å². The summed E-state index contributed by atoms with van der Waals surface area (Å²) in [6.45, 7) is -0.205. The van der Waals surface area contributed by atoms with E-state index < -0.39 is 11.8 Å². The molecule has 0 aromatic heterocycles. The highest BCUT2D eigenvalue weighted by atomic mass is 35.5. The number of halogens is 4. The van der Waals surface area contributed by atoms with E-state index in [4.69, 9.17) is 46.4 Å². The van der Waals surface area contributed by atoms with E-state index in [1.807, 2.05) is 0 Å². The molecule has 24 heavy (non-hydrogen) atoms. The fourth-order valence-electron chi connectivity index (χ4n) is 1.96. The maximum Gasteiger partial charge on any atom is 0.255 e. The molecule has 8 heteroatoms. The van der Waals surface area contributed by atoms with Crippen LogP contribution in [0.4, 0.5) is 5.69 Å². The second-order valence-corrected chi connectivity index (χ2v) is 6.51. The van der Waals surface area contributed by atoms with Crippen LogP contribution >= 0.6 is 46.4 Å². The Morgan fingerprint density at radius 1 is 0.958 bits per heavy atom. The molecule has 0 fully saturated rings. The third-order valence-electron chi connectivity index (χ3n) is 3.14. The molecule has 0 bridgehead atoms. The molecule has 126 valence electrons. The standard InChI is InChI=1S/C16H12Cl4N2O2/c1-22(16(24)9-4-2-5-10(17)14(9)20)8-13(23)21-15-11(18)6-3-7-12(15)19/h2-7H,8H2,1H3,(H,21,23). The van der Waals surface area contributed by atoms with Gasteiger partial charge in [0, 0.05) is 7.05 Å². The number of rotatable bonds is 4. The lowest BCUT2D eigenvalue weighted by atomic mass is 10.2. The van der Waals surface area contributed by atoms with Crippen molar-refractivity contribution in [2.24, 2.45) is 0 Å². The summed E-state index contributed by atoms with van der Waals surface area (Å²) in [5.74, 6) is -0.873. The number of likely N-dealkylation sites (N-methyl/N-ethyl adjacent to an activating group) is 1. The number of benzene rings is 2. The van der Waals surface area contributed by atoms with Gasteiger partial charge in [0.2, 0.25) is 5.91 Å². The Bertz CT molecular complexity index is 775. The van der Waals surface area contributed by atoms with Gasteiger partial charge in [0.25, 0.3) is 5.91 Å². The molecule has 0 saturated heterocycles. The average molecular weight is 406 g/mol. The first kappa shape index (κ1) is 18.9. The molecular weight excluding hydrogens is 394 g/mol.